The third kappa shape index (κ3) is 5.55. The van der Waals surface area contributed by atoms with E-state index >= 15 is 0 Å². The van der Waals surface area contributed by atoms with Crippen LogP contribution in [-0.2, 0) is 5.41 Å². The zero-order chi connectivity index (χ0) is 40.3. The van der Waals surface area contributed by atoms with Gasteiger partial charge in [0, 0.05) is 16.7 Å². The van der Waals surface area contributed by atoms with Crippen molar-refractivity contribution in [1.82, 2.24) is 15.0 Å². The maximum Gasteiger partial charge on any atom is 0.164 e. The average Bonchev–Trinajstić information content (AvgIpc) is 3.81. The zero-order valence-corrected chi connectivity index (χ0v) is 33.2. The summed E-state index contributed by atoms with van der Waals surface area (Å²) in [5, 5.41) is 0. The van der Waals surface area contributed by atoms with E-state index in [1.165, 1.54) is 50.1 Å². The Kier molecular flexibility index (Phi) is 8.07. The van der Waals surface area contributed by atoms with E-state index < -0.39 is 0 Å². The molecule has 0 fully saturated rings. The molecule has 3 nitrogen and oxygen atoms in total. The number of fused-ring (bicyclic) bond motifs is 10. The largest absolute Gasteiger partial charge is 0.208 e. The summed E-state index contributed by atoms with van der Waals surface area (Å²) in [7, 11) is 0. The van der Waals surface area contributed by atoms with Gasteiger partial charge in [0.05, 0.1) is 5.41 Å². The highest BCUT2D eigenvalue weighted by atomic mass is 15.0. The monoisotopic (exact) mass is 775 g/mol. The van der Waals surface area contributed by atoms with Crippen LogP contribution < -0.4 is 0 Å². The molecular formula is C58H37N3. The van der Waals surface area contributed by atoms with Crippen molar-refractivity contribution in [2.24, 2.45) is 0 Å². The molecule has 2 aliphatic carbocycles. The Labute approximate surface area is 355 Å². The first-order chi connectivity index (χ1) is 30.2. The molecule has 0 bridgehead atoms. The SMILES string of the molecule is c1ccc(-c2ccc(-c3nc(-c4ccccc4)nc(-c4ccc(-c5ccc6c(c5)-c5ccccc5C65c6ccccc6-c6ccccc65)c(-c5ccccc5)c4)n3)cc2)cc1. The lowest BCUT2D eigenvalue weighted by Gasteiger charge is -2.30. The summed E-state index contributed by atoms with van der Waals surface area (Å²) in [5.74, 6) is 1.90. The van der Waals surface area contributed by atoms with Crippen molar-refractivity contribution < 1.29 is 0 Å². The quantitative estimate of drug-likeness (QED) is 0.169. The predicted octanol–water partition coefficient (Wildman–Crippen LogP) is 14.2. The number of hydrogen-bond acceptors (Lipinski definition) is 3. The van der Waals surface area contributed by atoms with E-state index in [0.29, 0.717) is 17.5 Å². The van der Waals surface area contributed by atoms with Crippen LogP contribution in [0.5, 0.6) is 0 Å². The fourth-order valence-electron chi connectivity index (χ4n) is 9.85. The van der Waals surface area contributed by atoms with Crippen molar-refractivity contribution in [3.63, 3.8) is 0 Å². The minimum absolute atomic E-state index is 0.377. The van der Waals surface area contributed by atoms with E-state index in [2.05, 4.69) is 200 Å². The Morgan fingerprint density at radius 1 is 0.213 bits per heavy atom. The summed E-state index contributed by atoms with van der Waals surface area (Å²) >= 11 is 0. The standard InChI is InChI=1S/C58H37N3/c1-4-16-38(17-5-1)39-28-30-42(31-29-39)56-59-55(41-20-8-3-9-21-41)60-57(61-56)44-32-34-45(49(37-44)40-18-6-2-7-19-40)43-33-35-54-50(36-43)48-24-12-15-27-53(48)58(54)51-25-13-10-22-46(51)47-23-11-14-26-52(47)58/h1-37H. The van der Waals surface area contributed by atoms with Gasteiger partial charge in [-0.1, -0.05) is 212 Å². The van der Waals surface area contributed by atoms with Crippen LogP contribution in [0.15, 0.2) is 224 Å². The number of benzene rings is 9. The normalized spacial score (nSPS) is 12.7. The van der Waals surface area contributed by atoms with Gasteiger partial charge < -0.3 is 0 Å². The molecule has 0 N–H and O–H groups in total. The van der Waals surface area contributed by atoms with Gasteiger partial charge in [-0.15, -0.1) is 0 Å². The summed E-state index contributed by atoms with van der Waals surface area (Å²) in [6.07, 6.45) is 0. The van der Waals surface area contributed by atoms with Crippen LogP contribution in [0, 0.1) is 0 Å². The lowest BCUT2D eigenvalue weighted by Crippen LogP contribution is -2.25. The van der Waals surface area contributed by atoms with Crippen LogP contribution in [0.3, 0.4) is 0 Å². The van der Waals surface area contributed by atoms with Crippen LogP contribution >= 0.6 is 0 Å². The minimum Gasteiger partial charge on any atom is -0.208 e. The first-order valence-electron chi connectivity index (χ1n) is 20.9. The molecule has 0 aliphatic heterocycles. The highest BCUT2D eigenvalue weighted by Crippen LogP contribution is 2.63. The highest BCUT2D eigenvalue weighted by molar-refractivity contribution is 5.97. The fourth-order valence-corrected chi connectivity index (χ4v) is 9.85. The van der Waals surface area contributed by atoms with Crippen LogP contribution in [0.25, 0.3) is 89.8 Å². The van der Waals surface area contributed by atoms with Gasteiger partial charge in [-0.25, -0.2) is 15.0 Å². The van der Waals surface area contributed by atoms with E-state index in [9.17, 15) is 0 Å². The second kappa shape index (κ2) is 14.1. The number of nitrogens with zero attached hydrogens (tertiary/aromatic N) is 3. The Balaban J connectivity index is 1.02. The third-order valence-corrected chi connectivity index (χ3v) is 12.6. The molecule has 1 heterocycles. The summed E-state index contributed by atoms with van der Waals surface area (Å²) in [5.41, 5.74) is 19.9. The van der Waals surface area contributed by atoms with Gasteiger partial charge in [-0.3, -0.25) is 0 Å². The zero-order valence-electron chi connectivity index (χ0n) is 33.2. The van der Waals surface area contributed by atoms with Crippen LogP contribution in [-0.4, -0.2) is 15.0 Å². The molecule has 2 aliphatic rings. The van der Waals surface area contributed by atoms with Crippen molar-refractivity contribution in [3.05, 3.63) is 247 Å². The molecule has 0 unspecified atom stereocenters. The molecule has 0 atom stereocenters. The van der Waals surface area contributed by atoms with Crippen LogP contribution in [0.1, 0.15) is 22.3 Å². The Morgan fingerprint density at radius 2 is 0.574 bits per heavy atom. The van der Waals surface area contributed by atoms with Gasteiger partial charge in [0.2, 0.25) is 0 Å². The first-order valence-corrected chi connectivity index (χ1v) is 20.9. The minimum atomic E-state index is -0.377. The summed E-state index contributed by atoms with van der Waals surface area (Å²) in [4.78, 5) is 15.3. The van der Waals surface area contributed by atoms with Crippen molar-refractivity contribution in [3.8, 4) is 89.8 Å². The van der Waals surface area contributed by atoms with Gasteiger partial charge in [-0.2, -0.15) is 0 Å². The van der Waals surface area contributed by atoms with Crippen LogP contribution in [0.2, 0.25) is 0 Å². The molecule has 10 aromatic rings. The van der Waals surface area contributed by atoms with Gasteiger partial charge >= 0.3 is 0 Å². The van der Waals surface area contributed by atoms with Crippen LogP contribution in [0.4, 0.5) is 0 Å². The maximum absolute atomic E-state index is 5.17. The molecule has 0 amide bonds. The summed E-state index contributed by atoms with van der Waals surface area (Å²) < 4.78 is 0. The molecule has 0 saturated heterocycles. The second-order valence-electron chi connectivity index (χ2n) is 15.9. The molecule has 3 heteroatoms. The topological polar surface area (TPSA) is 38.7 Å². The first kappa shape index (κ1) is 35.0. The number of rotatable bonds is 6. The lowest BCUT2D eigenvalue weighted by atomic mass is 9.70. The van der Waals surface area contributed by atoms with E-state index in [1.54, 1.807) is 0 Å². The predicted molar refractivity (Wildman–Crippen MR) is 249 cm³/mol. The number of aromatic nitrogens is 3. The Morgan fingerprint density at radius 3 is 1.15 bits per heavy atom. The molecule has 0 saturated carbocycles. The van der Waals surface area contributed by atoms with Crippen molar-refractivity contribution in [2.75, 3.05) is 0 Å². The summed E-state index contributed by atoms with van der Waals surface area (Å²) in [6, 6.07) is 80.5. The van der Waals surface area contributed by atoms with Crippen molar-refractivity contribution in [2.45, 2.75) is 5.41 Å². The van der Waals surface area contributed by atoms with Gasteiger partial charge in [0.15, 0.2) is 17.5 Å². The molecule has 1 spiro atoms. The molecular weight excluding hydrogens is 739 g/mol. The summed E-state index contributed by atoms with van der Waals surface area (Å²) in [6.45, 7) is 0. The van der Waals surface area contributed by atoms with Crippen molar-refractivity contribution >= 4 is 0 Å². The molecule has 9 aromatic carbocycles. The van der Waals surface area contributed by atoms with Gasteiger partial charge in [0.25, 0.3) is 0 Å². The van der Waals surface area contributed by atoms with Gasteiger partial charge in [0.1, 0.15) is 0 Å². The fraction of sp³-hybridized carbons (Fsp3) is 0.0172. The third-order valence-electron chi connectivity index (χ3n) is 12.6. The molecule has 61 heavy (non-hydrogen) atoms. The molecule has 12 rings (SSSR count). The highest BCUT2D eigenvalue weighted by Gasteiger charge is 2.51. The van der Waals surface area contributed by atoms with E-state index in [-0.39, 0.29) is 5.41 Å². The average molecular weight is 776 g/mol. The lowest BCUT2D eigenvalue weighted by molar-refractivity contribution is 0.794. The smallest absolute Gasteiger partial charge is 0.164 e. The number of hydrogen-bond donors (Lipinski definition) is 0. The van der Waals surface area contributed by atoms with E-state index in [4.69, 9.17) is 15.0 Å². The maximum atomic E-state index is 5.17. The Bertz CT molecular complexity index is 3240. The second-order valence-corrected chi connectivity index (χ2v) is 15.9. The van der Waals surface area contributed by atoms with Gasteiger partial charge in [-0.05, 0) is 90.0 Å². The van der Waals surface area contributed by atoms with Crippen molar-refractivity contribution in [1.29, 1.82) is 0 Å². The Hall–Kier alpha value is -8.01. The van der Waals surface area contributed by atoms with E-state index in [1.807, 2.05) is 24.3 Å². The van der Waals surface area contributed by atoms with E-state index in [0.717, 1.165) is 44.5 Å². The molecule has 284 valence electrons. The molecule has 0 radical (unpaired) electrons. The molecule has 1 aromatic heterocycles.